The second-order valence-corrected chi connectivity index (χ2v) is 11.7. The van der Waals surface area contributed by atoms with Gasteiger partial charge in [0.2, 0.25) is 17.7 Å². The Morgan fingerprint density at radius 3 is 2.49 bits per heavy atom. The summed E-state index contributed by atoms with van der Waals surface area (Å²) in [5.74, 6) is -1.22. The minimum absolute atomic E-state index is 0.00714. The smallest absolute Gasteiger partial charge is 0.245 e. The zero-order valence-corrected chi connectivity index (χ0v) is 25.2. The fraction of sp³-hybridized carbons (Fsp3) is 0.531. The minimum Gasteiger partial charge on any atom is -0.497 e. The number of benzene rings is 2. The maximum Gasteiger partial charge on any atom is 0.245 e. The molecule has 2 aliphatic rings. The van der Waals surface area contributed by atoms with Crippen molar-refractivity contribution in [1.29, 1.82) is 0 Å². The van der Waals surface area contributed by atoms with Crippen molar-refractivity contribution in [3.8, 4) is 5.75 Å². The summed E-state index contributed by atoms with van der Waals surface area (Å²) in [5.41, 5.74) is 1.41. The van der Waals surface area contributed by atoms with Gasteiger partial charge >= 0.3 is 0 Å². The van der Waals surface area contributed by atoms with Crippen molar-refractivity contribution in [2.75, 3.05) is 19.0 Å². The first-order chi connectivity index (χ1) is 19.7. The summed E-state index contributed by atoms with van der Waals surface area (Å²) >= 11 is 6.12. The van der Waals surface area contributed by atoms with Gasteiger partial charge in [0.25, 0.3) is 0 Å². The molecule has 222 valence electrons. The normalized spacial score (nSPS) is 27.0. The van der Waals surface area contributed by atoms with Crippen LogP contribution in [0.5, 0.6) is 5.75 Å². The van der Waals surface area contributed by atoms with E-state index in [-0.39, 0.29) is 36.9 Å². The molecule has 1 saturated carbocycles. The molecule has 0 radical (unpaired) electrons. The molecule has 0 bridgehead atoms. The monoisotopic (exact) mass is 583 g/mol. The molecule has 9 heteroatoms. The van der Waals surface area contributed by atoms with Crippen LogP contribution in [0, 0.1) is 17.8 Å². The number of hydrogen-bond acceptors (Lipinski definition) is 5. The number of ether oxygens (including phenoxy) is 2. The van der Waals surface area contributed by atoms with Crippen LogP contribution in [0.4, 0.5) is 5.69 Å². The molecule has 41 heavy (non-hydrogen) atoms. The molecular formula is C32H42ClN3O5. The van der Waals surface area contributed by atoms with Gasteiger partial charge in [-0.2, -0.15) is 0 Å². The van der Waals surface area contributed by atoms with Crippen molar-refractivity contribution in [2.45, 2.75) is 77.6 Å². The van der Waals surface area contributed by atoms with Gasteiger partial charge in [0.15, 0.2) is 0 Å². The molecule has 2 aromatic carbocycles. The summed E-state index contributed by atoms with van der Waals surface area (Å²) in [4.78, 5) is 43.4. The lowest BCUT2D eigenvalue weighted by Crippen LogP contribution is -2.59. The maximum absolute atomic E-state index is 14.3. The average molecular weight is 584 g/mol. The van der Waals surface area contributed by atoms with Crippen LogP contribution in [-0.4, -0.2) is 54.5 Å². The van der Waals surface area contributed by atoms with Crippen LogP contribution in [0.3, 0.4) is 0 Å². The third-order valence-electron chi connectivity index (χ3n) is 8.52. The second kappa shape index (κ2) is 14.2. The average Bonchev–Trinajstić information content (AvgIpc) is 2.96. The van der Waals surface area contributed by atoms with Crippen LogP contribution in [0.25, 0.3) is 0 Å². The van der Waals surface area contributed by atoms with Gasteiger partial charge in [-0.15, -0.1) is 0 Å². The molecule has 1 aliphatic heterocycles. The molecule has 0 aromatic heterocycles. The summed E-state index contributed by atoms with van der Waals surface area (Å²) in [5, 5.41) is 6.77. The third kappa shape index (κ3) is 7.60. The van der Waals surface area contributed by atoms with Crippen LogP contribution >= 0.6 is 11.6 Å². The first kappa shape index (κ1) is 30.8. The van der Waals surface area contributed by atoms with E-state index < -0.39 is 24.0 Å². The Bertz CT molecular complexity index is 1210. The molecule has 6 atom stereocenters. The predicted molar refractivity (Wildman–Crippen MR) is 160 cm³/mol. The van der Waals surface area contributed by atoms with E-state index in [2.05, 4.69) is 17.6 Å². The Hall–Kier alpha value is -3.10. The molecule has 0 spiro atoms. The summed E-state index contributed by atoms with van der Waals surface area (Å²) in [7, 11) is 1.56. The van der Waals surface area contributed by atoms with Crippen molar-refractivity contribution in [3.05, 3.63) is 59.1 Å². The number of halogens is 1. The van der Waals surface area contributed by atoms with Gasteiger partial charge in [0.05, 0.1) is 31.7 Å². The number of hydrogen-bond donors (Lipinski definition) is 2. The number of anilines is 1. The molecule has 2 aromatic rings. The van der Waals surface area contributed by atoms with E-state index in [4.69, 9.17) is 21.1 Å². The molecule has 2 N–H and O–H groups in total. The van der Waals surface area contributed by atoms with Gasteiger partial charge in [-0.05, 0) is 61.9 Å². The SMILES string of the molecule is CCC1C(=O)N(Cc2ccc(Cl)cc2)C(C(=O)NC2CCCCC2C)COC(C)C1C(=O)Nc1cccc(OC)c1. The number of amides is 3. The lowest BCUT2D eigenvalue weighted by molar-refractivity contribution is -0.160. The number of methoxy groups -OCH3 is 1. The van der Waals surface area contributed by atoms with Crippen LogP contribution in [-0.2, 0) is 25.7 Å². The number of rotatable bonds is 8. The van der Waals surface area contributed by atoms with Gasteiger partial charge in [0.1, 0.15) is 11.8 Å². The molecule has 2 fully saturated rings. The lowest BCUT2D eigenvalue weighted by atomic mass is 9.82. The Balaban J connectivity index is 1.63. The van der Waals surface area contributed by atoms with Crippen molar-refractivity contribution >= 4 is 35.0 Å². The van der Waals surface area contributed by atoms with Crippen molar-refractivity contribution < 1.29 is 23.9 Å². The predicted octanol–water partition coefficient (Wildman–Crippen LogP) is 5.44. The van der Waals surface area contributed by atoms with Gasteiger partial charge in [-0.3, -0.25) is 14.4 Å². The first-order valence-electron chi connectivity index (χ1n) is 14.6. The lowest BCUT2D eigenvalue weighted by Gasteiger charge is -2.41. The first-order valence-corrected chi connectivity index (χ1v) is 15.0. The van der Waals surface area contributed by atoms with Crippen LogP contribution in [0.2, 0.25) is 5.02 Å². The van der Waals surface area contributed by atoms with E-state index in [1.54, 1.807) is 55.3 Å². The van der Waals surface area contributed by atoms with Gasteiger partial charge in [0, 0.05) is 29.4 Å². The van der Waals surface area contributed by atoms with Gasteiger partial charge < -0.3 is 25.0 Å². The van der Waals surface area contributed by atoms with Crippen LogP contribution < -0.4 is 15.4 Å². The summed E-state index contributed by atoms with van der Waals surface area (Å²) < 4.78 is 11.5. The number of carbonyl (C=O) groups excluding carboxylic acids is 3. The number of nitrogens with zero attached hydrogens (tertiary/aromatic N) is 1. The van der Waals surface area contributed by atoms with E-state index in [0.29, 0.717) is 28.8 Å². The van der Waals surface area contributed by atoms with E-state index >= 15 is 0 Å². The van der Waals surface area contributed by atoms with Crippen LogP contribution in [0.15, 0.2) is 48.5 Å². The molecule has 1 aliphatic carbocycles. The molecule has 1 saturated heterocycles. The Morgan fingerprint density at radius 1 is 1.07 bits per heavy atom. The third-order valence-corrected chi connectivity index (χ3v) is 8.77. The minimum atomic E-state index is -0.828. The highest BCUT2D eigenvalue weighted by Gasteiger charge is 2.45. The quantitative estimate of drug-likeness (QED) is 0.431. The standard InChI is InChI=1S/C32H42ClN3O5/c1-5-26-29(31(38)34-24-10-8-11-25(17-24)40-4)21(3)41-19-28(30(37)35-27-12-7-6-9-20(27)2)36(32(26)39)18-22-13-15-23(33)16-14-22/h8,10-11,13-17,20-21,26-29H,5-7,9,12,18-19H2,1-4H3,(H,34,38)(H,35,37). The Labute approximate surface area is 248 Å². The summed E-state index contributed by atoms with van der Waals surface area (Å²) in [6.07, 6.45) is 4.05. The second-order valence-electron chi connectivity index (χ2n) is 11.3. The fourth-order valence-electron chi connectivity index (χ4n) is 6.04. The van der Waals surface area contributed by atoms with Crippen LogP contribution in [0.1, 0.15) is 58.4 Å². The highest BCUT2D eigenvalue weighted by molar-refractivity contribution is 6.30. The summed E-state index contributed by atoms with van der Waals surface area (Å²) in [6, 6.07) is 13.6. The fourth-order valence-corrected chi connectivity index (χ4v) is 6.16. The molecule has 8 nitrogen and oxygen atoms in total. The largest absolute Gasteiger partial charge is 0.497 e. The molecule has 6 unspecified atom stereocenters. The van der Waals surface area contributed by atoms with E-state index in [1.165, 1.54) is 0 Å². The zero-order valence-electron chi connectivity index (χ0n) is 24.4. The van der Waals surface area contributed by atoms with Gasteiger partial charge in [-0.1, -0.05) is 56.5 Å². The van der Waals surface area contributed by atoms with E-state index in [1.807, 2.05) is 19.1 Å². The van der Waals surface area contributed by atoms with Crippen molar-refractivity contribution in [3.63, 3.8) is 0 Å². The maximum atomic E-state index is 14.3. The summed E-state index contributed by atoms with van der Waals surface area (Å²) in [6.45, 7) is 6.05. The zero-order chi connectivity index (χ0) is 29.5. The molecular weight excluding hydrogens is 542 g/mol. The van der Waals surface area contributed by atoms with Crippen molar-refractivity contribution in [1.82, 2.24) is 10.2 Å². The highest BCUT2D eigenvalue weighted by Crippen LogP contribution is 2.31. The molecule has 1 heterocycles. The Morgan fingerprint density at radius 2 is 1.80 bits per heavy atom. The van der Waals surface area contributed by atoms with E-state index in [9.17, 15) is 14.4 Å². The van der Waals surface area contributed by atoms with E-state index in [0.717, 1.165) is 31.2 Å². The number of nitrogens with one attached hydrogen (secondary N) is 2. The van der Waals surface area contributed by atoms with Crippen molar-refractivity contribution in [2.24, 2.45) is 17.8 Å². The Kier molecular flexibility index (Phi) is 10.7. The molecule has 3 amide bonds. The topological polar surface area (TPSA) is 97.0 Å². The highest BCUT2D eigenvalue weighted by atomic mass is 35.5. The molecule has 4 rings (SSSR count). The number of carbonyl (C=O) groups is 3. The van der Waals surface area contributed by atoms with Gasteiger partial charge in [-0.25, -0.2) is 0 Å².